The second-order valence-corrected chi connectivity index (χ2v) is 4.72. The topological polar surface area (TPSA) is 38.0 Å². The van der Waals surface area contributed by atoms with Crippen LogP contribution in [0.2, 0.25) is 5.02 Å². The molecule has 0 bridgehead atoms. The zero-order valence-electron chi connectivity index (χ0n) is 10.3. The number of nitrogens with one attached hydrogen (secondary N) is 1. The lowest BCUT2D eigenvalue weighted by molar-refractivity contribution is -0.137. The van der Waals surface area contributed by atoms with Gasteiger partial charge in [0.2, 0.25) is 0 Å². The lowest BCUT2D eigenvalue weighted by Crippen LogP contribution is -2.06. The summed E-state index contributed by atoms with van der Waals surface area (Å²) in [7, 11) is 0. The number of alkyl halides is 3. The van der Waals surface area contributed by atoms with Crippen molar-refractivity contribution in [2.75, 3.05) is 11.1 Å². The summed E-state index contributed by atoms with van der Waals surface area (Å²) in [6, 6.07) is 10.00. The van der Waals surface area contributed by atoms with E-state index in [1.807, 2.05) is 0 Å². The fourth-order valence-corrected chi connectivity index (χ4v) is 1.88. The summed E-state index contributed by atoms with van der Waals surface area (Å²) in [5.41, 5.74) is 7.02. The average Bonchev–Trinajstić information content (AvgIpc) is 2.37. The Morgan fingerprint density at radius 2 is 1.70 bits per heavy atom. The van der Waals surface area contributed by atoms with Crippen LogP contribution in [0.5, 0.6) is 0 Å². The first-order valence-electron chi connectivity index (χ1n) is 5.81. The maximum absolute atomic E-state index is 12.4. The Morgan fingerprint density at radius 3 is 2.25 bits per heavy atom. The van der Waals surface area contributed by atoms with Crippen LogP contribution in [0.25, 0.3) is 0 Å². The van der Waals surface area contributed by atoms with Gasteiger partial charge in [-0.15, -0.1) is 0 Å². The van der Waals surface area contributed by atoms with Crippen molar-refractivity contribution in [3.8, 4) is 0 Å². The highest BCUT2D eigenvalue weighted by molar-refractivity contribution is 6.31. The van der Waals surface area contributed by atoms with Crippen LogP contribution >= 0.6 is 11.6 Å². The summed E-state index contributed by atoms with van der Waals surface area (Å²) in [6.07, 6.45) is -4.31. The van der Waals surface area contributed by atoms with E-state index in [1.54, 1.807) is 18.2 Å². The summed E-state index contributed by atoms with van der Waals surface area (Å²) in [5, 5.41) is 3.58. The minimum absolute atomic E-state index is 0.379. The molecule has 0 aliphatic rings. The number of halogens is 4. The Morgan fingerprint density at radius 1 is 1.05 bits per heavy atom. The Bertz CT molecular complexity index is 594. The lowest BCUT2D eigenvalue weighted by atomic mass is 10.1. The zero-order chi connectivity index (χ0) is 14.8. The van der Waals surface area contributed by atoms with E-state index in [0.717, 1.165) is 17.7 Å². The molecule has 0 atom stereocenters. The first-order chi connectivity index (χ1) is 9.36. The first-order valence-corrected chi connectivity index (χ1v) is 6.19. The van der Waals surface area contributed by atoms with E-state index in [0.29, 0.717) is 22.9 Å². The van der Waals surface area contributed by atoms with Crippen molar-refractivity contribution in [3.05, 3.63) is 58.6 Å². The molecule has 0 unspecified atom stereocenters. The normalized spacial score (nSPS) is 11.4. The third-order valence-corrected chi connectivity index (χ3v) is 3.01. The second-order valence-electron chi connectivity index (χ2n) is 4.28. The fraction of sp³-hybridized carbons (Fsp3) is 0.143. The van der Waals surface area contributed by atoms with Gasteiger partial charge in [0.05, 0.1) is 16.9 Å². The largest absolute Gasteiger partial charge is 0.416 e. The average molecular weight is 301 g/mol. The third kappa shape index (κ3) is 3.57. The molecule has 0 aromatic heterocycles. The van der Waals surface area contributed by atoms with Gasteiger partial charge in [0, 0.05) is 11.6 Å². The number of anilines is 2. The van der Waals surface area contributed by atoms with Gasteiger partial charge < -0.3 is 11.1 Å². The standard InChI is InChI=1S/C14H12ClF3N2/c15-11-5-6-13(12(19)7-11)20-8-9-1-3-10(4-2-9)14(16,17)18/h1-7,20H,8,19H2. The van der Waals surface area contributed by atoms with Crippen molar-refractivity contribution in [1.82, 2.24) is 0 Å². The van der Waals surface area contributed by atoms with E-state index in [2.05, 4.69) is 5.32 Å². The van der Waals surface area contributed by atoms with E-state index in [4.69, 9.17) is 17.3 Å². The summed E-state index contributed by atoms with van der Waals surface area (Å²) in [4.78, 5) is 0. The summed E-state index contributed by atoms with van der Waals surface area (Å²) in [6.45, 7) is 0.379. The molecule has 0 heterocycles. The summed E-state index contributed by atoms with van der Waals surface area (Å²) >= 11 is 5.78. The predicted octanol–water partition coefficient (Wildman–Crippen LogP) is 4.55. The van der Waals surface area contributed by atoms with Crippen molar-refractivity contribution in [2.45, 2.75) is 12.7 Å². The first kappa shape index (κ1) is 14.5. The molecular formula is C14H12ClF3N2. The Balaban J connectivity index is 2.04. The highest BCUT2D eigenvalue weighted by atomic mass is 35.5. The molecule has 3 N–H and O–H groups in total. The summed E-state index contributed by atoms with van der Waals surface area (Å²) < 4.78 is 37.2. The van der Waals surface area contributed by atoms with Crippen molar-refractivity contribution in [3.63, 3.8) is 0 Å². The van der Waals surface area contributed by atoms with Gasteiger partial charge in [-0.05, 0) is 35.9 Å². The number of hydrogen-bond acceptors (Lipinski definition) is 2. The van der Waals surface area contributed by atoms with Crippen LogP contribution in [-0.2, 0) is 12.7 Å². The molecule has 20 heavy (non-hydrogen) atoms. The molecule has 0 saturated carbocycles. The van der Waals surface area contributed by atoms with E-state index < -0.39 is 11.7 Å². The molecule has 2 rings (SSSR count). The quantitative estimate of drug-likeness (QED) is 0.816. The fourth-order valence-electron chi connectivity index (χ4n) is 1.70. The van der Waals surface area contributed by atoms with Gasteiger partial charge in [0.25, 0.3) is 0 Å². The van der Waals surface area contributed by atoms with Gasteiger partial charge in [-0.2, -0.15) is 13.2 Å². The van der Waals surface area contributed by atoms with Gasteiger partial charge in [0.15, 0.2) is 0 Å². The molecule has 0 saturated heterocycles. The Kier molecular flexibility index (Phi) is 4.09. The van der Waals surface area contributed by atoms with Crippen molar-refractivity contribution < 1.29 is 13.2 Å². The molecule has 6 heteroatoms. The molecular weight excluding hydrogens is 289 g/mol. The number of nitrogen functional groups attached to an aromatic ring is 1. The zero-order valence-corrected chi connectivity index (χ0v) is 11.1. The van der Waals surface area contributed by atoms with Gasteiger partial charge in [-0.1, -0.05) is 23.7 Å². The van der Waals surface area contributed by atoms with Crippen LogP contribution in [0.4, 0.5) is 24.5 Å². The van der Waals surface area contributed by atoms with Gasteiger partial charge in [-0.3, -0.25) is 0 Å². The Hall–Kier alpha value is -1.88. The number of benzene rings is 2. The van der Waals surface area contributed by atoms with Crippen LogP contribution in [0.15, 0.2) is 42.5 Å². The minimum atomic E-state index is -4.31. The predicted molar refractivity (Wildman–Crippen MR) is 74.6 cm³/mol. The molecule has 0 fully saturated rings. The maximum atomic E-state index is 12.4. The second kappa shape index (κ2) is 5.63. The van der Waals surface area contributed by atoms with Crippen molar-refractivity contribution in [2.24, 2.45) is 0 Å². The highest BCUT2D eigenvalue weighted by Crippen LogP contribution is 2.29. The summed E-state index contributed by atoms with van der Waals surface area (Å²) in [5.74, 6) is 0. The van der Waals surface area contributed by atoms with E-state index in [9.17, 15) is 13.2 Å². The maximum Gasteiger partial charge on any atom is 0.416 e. The van der Waals surface area contributed by atoms with E-state index >= 15 is 0 Å². The van der Waals surface area contributed by atoms with Crippen LogP contribution in [0.3, 0.4) is 0 Å². The molecule has 0 aliphatic carbocycles. The molecule has 0 amide bonds. The van der Waals surface area contributed by atoms with Crippen molar-refractivity contribution in [1.29, 1.82) is 0 Å². The number of hydrogen-bond donors (Lipinski definition) is 2. The van der Waals surface area contributed by atoms with E-state index in [1.165, 1.54) is 12.1 Å². The van der Waals surface area contributed by atoms with Crippen LogP contribution in [0.1, 0.15) is 11.1 Å². The minimum Gasteiger partial charge on any atom is -0.397 e. The van der Waals surface area contributed by atoms with Crippen LogP contribution < -0.4 is 11.1 Å². The van der Waals surface area contributed by atoms with Crippen LogP contribution in [0, 0.1) is 0 Å². The van der Waals surface area contributed by atoms with E-state index in [-0.39, 0.29) is 0 Å². The van der Waals surface area contributed by atoms with Gasteiger partial charge in [-0.25, -0.2) is 0 Å². The number of rotatable bonds is 3. The van der Waals surface area contributed by atoms with Crippen LogP contribution in [-0.4, -0.2) is 0 Å². The molecule has 2 aromatic rings. The Labute approximate surface area is 119 Å². The molecule has 2 aromatic carbocycles. The monoisotopic (exact) mass is 300 g/mol. The van der Waals surface area contributed by atoms with Gasteiger partial charge in [0.1, 0.15) is 0 Å². The SMILES string of the molecule is Nc1cc(Cl)ccc1NCc1ccc(C(F)(F)F)cc1. The van der Waals surface area contributed by atoms with Gasteiger partial charge >= 0.3 is 6.18 Å². The molecule has 0 aliphatic heterocycles. The third-order valence-electron chi connectivity index (χ3n) is 2.78. The van der Waals surface area contributed by atoms with Crippen molar-refractivity contribution >= 4 is 23.0 Å². The lowest BCUT2D eigenvalue weighted by Gasteiger charge is -2.11. The highest BCUT2D eigenvalue weighted by Gasteiger charge is 2.29. The number of nitrogens with two attached hydrogens (primary N) is 1. The molecule has 0 spiro atoms. The molecule has 2 nitrogen and oxygen atoms in total. The smallest absolute Gasteiger partial charge is 0.397 e. The molecule has 106 valence electrons. The molecule has 0 radical (unpaired) electrons.